The van der Waals surface area contributed by atoms with Crippen molar-refractivity contribution in [2.45, 2.75) is 13.8 Å². The first-order chi connectivity index (χ1) is 8.65. The Kier molecular flexibility index (Phi) is 3.82. The number of hydrogen-bond donors (Lipinski definition) is 0. The highest BCUT2D eigenvalue weighted by Gasteiger charge is 2.07. The summed E-state index contributed by atoms with van der Waals surface area (Å²) in [6, 6.07) is 2.07. The van der Waals surface area contributed by atoms with E-state index in [9.17, 15) is 0 Å². The lowest BCUT2D eigenvalue weighted by Gasteiger charge is -1.97. The lowest BCUT2D eigenvalue weighted by atomic mass is 10.2. The van der Waals surface area contributed by atoms with Crippen LogP contribution in [-0.4, -0.2) is 9.38 Å². The molecule has 0 saturated heterocycles. The lowest BCUT2D eigenvalue weighted by Crippen LogP contribution is -1.86. The average Bonchev–Trinajstić information content (AvgIpc) is 2.72. The van der Waals surface area contributed by atoms with Crippen LogP contribution in [0.5, 0.6) is 0 Å². The van der Waals surface area contributed by atoms with E-state index in [4.69, 9.17) is 0 Å². The van der Waals surface area contributed by atoms with Crippen LogP contribution in [0.15, 0.2) is 53.8 Å². The van der Waals surface area contributed by atoms with Gasteiger partial charge in [0.2, 0.25) is 0 Å². The third-order valence-corrected chi connectivity index (χ3v) is 3.07. The summed E-state index contributed by atoms with van der Waals surface area (Å²) in [4.78, 5) is 4.67. The average molecular weight is 303 g/mol. The molecule has 0 N–H and O–H groups in total. The monoisotopic (exact) mass is 302 g/mol. The van der Waals surface area contributed by atoms with E-state index in [1.54, 1.807) is 6.08 Å². The summed E-state index contributed by atoms with van der Waals surface area (Å²) >= 11 is 3.50. The minimum absolute atomic E-state index is 0.953. The minimum Gasteiger partial charge on any atom is -0.305 e. The molecule has 3 heteroatoms. The van der Waals surface area contributed by atoms with E-state index in [0.717, 1.165) is 27.0 Å². The van der Waals surface area contributed by atoms with Crippen molar-refractivity contribution in [2.75, 3.05) is 0 Å². The van der Waals surface area contributed by atoms with E-state index in [1.165, 1.54) is 0 Å². The molecule has 0 saturated carbocycles. The zero-order valence-electron chi connectivity index (χ0n) is 10.5. The van der Waals surface area contributed by atoms with E-state index in [1.807, 2.05) is 41.9 Å². The van der Waals surface area contributed by atoms with Crippen LogP contribution in [0.3, 0.4) is 0 Å². The van der Waals surface area contributed by atoms with Crippen molar-refractivity contribution in [2.24, 2.45) is 0 Å². The molecular weight excluding hydrogens is 288 g/mol. The first-order valence-electron chi connectivity index (χ1n) is 5.76. The smallest absolute Gasteiger partial charge is 0.140 e. The summed E-state index contributed by atoms with van der Waals surface area (Å²) in [5.41, 5.74) is 4.14. The maximum absolute atomic E-state index is 4.67. The third-order valence-electron chi connectivity index (χ3n) is 2.64. The molecule has 2 nitrogen and oxygen atoms in total. The van der Waals surface area contributed by atoms with Crippen molar-refractivity contribution in [3.05, 3.63) is 65.1 Å². The Balaban J connectivity index is 2.62. The predicted molar refractivity (Wildman–Crippen MR) is 80.6 cm³/mol. The largest absolute Gasteiger partial charge is 0.305 e. The molecule has 0 aromatic carbocycles. The summed E-state index contributed by atoms with van der Waals surface area (Å²) in [5, 5.41) is 0. The molecule has 0 aliphatic carbocycles. The Morgan fingerprint density at radius 2 is 2.22 bits per heavy atom. The van der Waals surface area contributed by atoms with Gasteiger partial charge in [0.05, 0.1) is 5.69 Å². The number of fused-ring (bicyclic) bond motifs is 1. The van der Waals surface area contributed by atoms with Gasteiger partial charge in [0.15, 0.2) is 0 Å². The molecule has 0 unspecified atom stereocenters. The summed E-state index contributed by atoms with van der Waals surface area (Å²) in [6.07, 6.45) is 11.8. The van der Waals surface area contributed by atoms with Crippen molar-refractivity contribution in [3.8, 4) is 0 Å². The van der Waals surface area contributed by atoms with Crippen LogP contribution in [0.2, 0.25) is 0 Å². The van der Waals surface area contributed by atoms with Gasteiger partial charge < -0.3 is 4.40 Å². The number of hydrogen-bond acceptors (Lipinski definition) is 1. The molecule has 0 amide bonds. The van der Waals surface area contributed by atoms with Gasteiger partial charge in [-0.25, -0.2) is 4.98 Å². The number of halogens is 1. The number of allylic oxidation sites excluding steroid dienone is 5. The second-order valence-corrected chi connectivity index (χ2v) is 4.97. The maximum atomic E-state index is 4.67. The Hall–Kier alpha value is -1.61. The molecule has 2 rings (SSSR count). The number of imidazole rings is 1. The van der Waals surface area contributed by atoms with Crippen LogP contribution in [0, 0.1) is 6.92 Å². The Labute approximate surface area is 115 Å². The van der Waals surface area contributed by atoms with E-state index in [2.05, 4.69) is 40.5 Å². The predicted octanol–water partition coefficient (Wildman–Crippen LogP) is 4.55. The second kappa shape index (κ2) is 5.36. The van der Waals surface area contributed by atoms with Gasteiger partial charge in [-0.05, 0) is 41.4 Å². The standard InChI is InChI=1S/C15H15BrN2/c1-4-6-12(7-5-2)14-10-18-9-13(16)8-11(3)15(18)17-14/h4-10H,1H2,2-3H3/b7-5-,12-6+. The SMILES string of the molecule is C=C/C=C(\C=C/C)c1cn2cc(Br)cc(C)c2n1. The van der Waals surface area contributed by atoms with Crippen LogP contribution < -0.4 is 0 Å². The molecule has 0 atom stereocenters. The van der Waals surface area contributed by atoms with Gasteiger partial charge in [0.25, 0.3) is 0 Å². The van der Waals surface area contributed by atoms with Gasteiger partial charge >= 0.3 is 0 Å². The number of aryl methyl sites for hydroxylation is 1. The van der Waals surface area contributed by atoms with Crippen LogP contribution in [0.25, 0.3) is 11.2 Å². The molecule has 18 heavy (non-hydrogen) atoms. The molecule has 0 radical (unpaired) electrons. The van der Waals surface area contributed by atoms with Crippen molar-refractivity contribution in [1.82, 2.24) is 9.38 Å². The Bertz CT molecular complexity index is 648. The minimum atomic E-state index is 0.953. The quantitative estimate of drug-likeness (QED) is 0.760. The van der Waals surface area contributed by atoms with Gasteiger partial charge in [-0.15, -0.1) is 0 Å². The summed E-state index contributed by atoms with van der Waals surface area (Å²) < 4.78 is 3.09. The lowest BCUT2D eigenvalue weighted by molar-refractivity contribution is 1.15. The van der Waals surface area contributed by atoms with Crippen LogP contribution >= 0.6 is 15.9 Å². The van der Waals surface area contributed by atoms with E-state index >= 15 is 0 Å². The molecule has 92 valence electrons. The summed E-state index contributed by atoms with van der Waals surface area (Å²) in [5.74, 6) is 0. The summed E-state index contributed by atoms with van der Waals surface area (Å²) in [6.45, 7) is 7.80. The van der Waals surface area contributed by atoms with Crippen LogP contribution in [0.4, 0.5) is 0 Å². The topological polar surface area (TPSA) is 17.3 Å². The molecule has 2 heterocycles. The fourth-order valence-corrected chi connectivity index (χ4v) is 2.46. The fraction of sp³-hybridized carbons (Fsp3) is 0.133. The van der Waals surface area contributed by atoms with E-state index in [-0.39, 0.29) is 0 Å². The van der Waals surface area contributed by atoms with E-state index < -0.39 is 0 Å². The highest BCUT2D eigenvalue weighted by molar-refractivity contribution is 9.10. The van der Waals surface area contributed by atoms with Gasteiger partial charge in [-0.2, -0.15) is 0 Å². The number of nitrogens with zero attached hydrogens (tertiary/aromatic N) is 2. The number of rotatable bonds is 3. The summed E-state index contributed by atoms with van der Waals surface area (Å²) in [7, 11) is 0. The van der Waals surface area contributed by atoms with Crippen molar-refractivity contribution in [1.29, 1.82) is 0 Å². The molecule has 2 aromatic heterocycles. The normalized spacial score (nSPS) is 12.5. The molecule has 0 bridgehead atoms. The zero-order valence-corrected chi connectivity index (χ0v) is 12.1. The number of aromatic nitrogens is 2. The Morgan fingerprint density at radius 1 is 1.44 bits per heavy atom. The first kappa shape index (κ1) is 12.8. The van der Waals surface area contributed by atoms with Gasteiger partial charge in [0.1, 0.15) is 5.65 Å². The van der Waals surface area contributed by atoms with Crippen molar-refractivity contribution < 1.29 is 0 Å². The maximum Gasteiger partial charge on any atom is 0.140 e. The van der Waals surface area contributed by atoms with Crippen molar-refractivity contribution in [3.63, 3.8) is 0 Å². The highest BCUT2D eigenvalue weighted by Crippen LogP contribution is 2.21. The second-order valence-electron chi connectivity index (χ2n) is 4.06. The highest BCUT2D eigenvalue weighted by atomic mass is 79.9. The molecule has 2 aromatic rings. The zero-order chi connectivity index (χ0) is 13.1. The number of pyridine rings is 1. The van der Waals surface area contributed by atoms with Crippen molar-refractivity contribution >= 4 is 27.2 Å². The van der Waals surface area contributed by atoms with Crippen LogP contribution in [-0.2, 0) is 0 Å². The Morgan fingerprint density at radius 3 is 2.89 bits per heavy atom. The van der Waals surface area contributed by atoms with Crippen LogP contribution in [0.1, 0.15) is 18.2 Å². The molecule has 0 fully saturated rings. The fourth-order valence-electron chi connectivity index (χ4n) is 1.90. The molecule has 0 aliphatic heterocycles. The van der Waals surface area contributed by atoms with Gasteiger partial charge in [0, 0.05) is 22.4 Å². The van der Waals surface area contributed by atoms with Gasteiger partial charge in [-0.1, -0.05) is 30.9 Å². The molecule has 0 aliphatic rings. The van der Waals surface area contributed by atoms with E-state index in [0.29, 0.717) is 0 Å². The molecular formula is C15H15BrN2. The molecule has 0 spiro atoms. The van der Waals surface area contributed by atoms with Gasteiger partial charge in [-0.3, -0.25) is 0 Å². The third kappa shape index (κ3) is 2.46. The first-order valence-corrected chi connectivity index (χ1v) is 6.55.